The first kappa shape index (κ1) is 19.2. The quantitative estimate of drug-likeness (QED) is 0.419. The van der Waals surface area contributed by atoms with Gasteiger partial charge in [0.05, 0.1) is 6.54 Å². The smallest absolute Gasteiger partial charge is 0.191 e. The van der Waals surface area contributed by atoms with Gasteiger partial charge in [0.25, 0.3) is 0 Å². The fourth-order valence-electron chi connectivity index (χ4n) is 2.18. The van der Waals surface area contributed by atoms with Crippen LogP contribution >= 0.6 is 24.0 Å². The normalized spacial score (nSPS) is 15.2. The van der Waals surface area contributed by atoms with Gasteiger partial charge in [-0.2, -0.15) is 0 Å². The Kier molecular flexibility index (Phi) is 7.59. The predicted molar refractivity (Wildman–Crippen MR) is 102 cm³/mol. The molecule has 0 radical (unpaired) electrons. The lowest BCUT2D eigenvalue weighted by atomic mass is 9.85. The number of nitrogens with zero attached hydrogens (tertiary/aromatic N) is 1. The van der Waals surface area contributed by atoms with Gasteiger partial charge in [-0.1, -0.05) is 26.0 Å². The minimum absolute atomic E-state index is 0. The Balaban J connectivity index is 0.00000242. The van der Waals surface area contributed by atoms with Gasteiger partial charge in [-0.05, 0) is 43.4 Å². The third kappa shape index (κ3) is 6.10. The number of hydrogen-bond acceptors (Lipinski definition) is 1. The molecule has 1 aromatic carbocycles. The van der Waals surface area contributed by atoms with Crippen molar-refractivity contribution < 1.29 is 4.39 Å². The summed E-state index contributed by atoms with van der Waals surface area (Å²) in [6, 6.07) is 6.79. The van der Waals surface area contributed by atoms with E-state index in [1.165, 1.54) is 18.9 Å². The first-order chi connectivity index (χ1) is 10.0. The zero-order chi connectivity index (χ0) is 15.3. The topological polar surface area (TPSA) is 36.4 Å². The second-order valence-corrected chi connectivity index (χ2v) is 6.41. The van der Waals surface area contributed by atoms with Crippen LogP contribution in [0.5, 0.6) is 0 Å². The molecule has 0 saturated heterocycles. The Morgan fingerprint density at radius 2 is 2.05 bits per heavy atom. The third-order valence-electron chi connectivity index (χ3n) is 3.84. The second-order valence-electron chi connectivity index (χ2n) is 6.41. The highest BCUT2D eigenvalue weighted by atomic mass is 127. The summed E-state index contributed by atoms with van der Waals surface area (Å²) < 4.78 is 13.4. The first-order valence-corrected chi connectivity index (χ1v) is 7.79. The molecule has 2 N–H and O–H groups in total. The minimum atomic E-state index is -0.191. The van der Waals surface area contributed by atoms with Crippen LogP contribution in [0, 0.1) is 11.7 Å². The summed E-state index contributed by atoms with van der Waals surface area (Å²) in [5.41, 5.74) is 0.786. The summed E-state index contributed by atoms with van der Waals surface area (Å²) in [6.07, 6.45) is 2.64. The van der Waals surface area contributed by atoms with E-state index < -0.39 is 0 Å². The summed E-state index contributed by atoms with van der Waals surface area (Å²) in [7, 11) is 0. The van der Waals surface area contributed by atoms with Crippen LogP contribution in [-0.2, 0) is 5.41 Å². The van der Waals surface area contributed by atoms with Gasteiger partial charge >= 0.3 is 0 Å². The van der Waals surface area contributed by atoms with Crippen molar-refractivity contribution in [3.63, 3.8) is 0 Å². The molecule has 0 aromatic heterocycles. The number of nitrogens with one attached hydrogen (secondary N) is 2. The van der Waals surface area contributed by atoms with Gasteiger partial charge in [0.15, 0.2) is 5.96 Å². The van der Waals surface area contributed by atoms with Crippen LogP contribution in [0.4, 0.5) is 4.39 Å². The van der Waals surface area contributed by atoms with Crippen molar-refractivity contribution in [2.75, 3.05) is 19.6 Å². The molecular formula is C17H27FIN3. The van der Waals surface area contributed by atoms with E-state index in [1.807, 2.05) is 6.07 Å². The molecule has 2 rings (SSSR count). The van der Waals surface area contributed by atoms with Crippen molar-refractivity contribution in [3.8, 4) is 0 Å². The van der Waals surface area contributed by atoms with Gasteiger partial charge < -0.3 is 10.6 Å². The maximum Gasteiger partial charge on any atom is 0.191 e. The average molecular weight is 419 g/mol. The molecule has 124 valence electrons. The Morgan fingerprint density at radius 3 is 2.64 bits per heavy atom. The first-order valence-electron chi connectivity index (χ1n) is 7.79. The fourth-order valence-corrected chi connectivity index (χ4v) is 2.18. The van der Waals surface area contributed by atoms with E-state index >= 15 is 0 Å². The summed E-state index contributed by atoms with van der Waals surface area (Å²) in [5.74, 6) is 1.47. The lowest BCUT2D eigenvalue weighted by molar-refractivity contribution is 0.529. The standard InChI is InChI=1S/C17H26FN3.HI/c1-4-19-16(20-11-13-8-9-13)21-12-17(2,3)14-6-5-7-15(18)10-14;/h5-7,10,13H,4,8-9,11-12H2,1-3H3,(H2,19,20,21);1H. The van der Waals surface area contributed by atoms with Gasteiger partial charge in [0.2, 0.25) is 0 Å². The van der Waals surface area contributed by atoms with Crippen LogP contribution in [-0.4, -0.2) is 25.6 Å². The predicted octanol–water partition coefficient (Wildman–Crippen LogP) is 3.69. The highest BCUT2D eigenvalue weighted by Crippen LogP contribution is 2.27. The number of guanidine groups is 1. The van der Waals surface area contributed by atoms with E-state index in [9.17, 15) is 4.39 Å². The van der Waals surface area contributed by atoms with Crippen LogP contribution in [0.25, 0.3) is 0 Å². The molecule has 0 amide bonds. The molecule has 3 nitrogen and oxygen atoms in total. The van der Waals surface area contributed by atoms with Crippen molar-refractivity contribution >= 4 is 29.9 Å². The van der Waals surface area contributed by atoms with Gasteiger partial charge in [-0.15, -0.1) is 24.0 Å². The summed E-state index contributed by atoms with van der Waals surface area (Å²) in [4.78, 5) is 4.66. The van der Waals surface area contributed by atoms with Crippen molar-refractivity contribution in [2.24, 2.45) is 10.9 Å². The van der Waals surface area contributed by atoms with E-state index in [2.05, 4.69) is 36.4 Å². The number of halogens is 2. The molecule has 1 saturated carbocycles. The van der Waals surface area contributed by atoms with Gasteiger partial charge in [0, 0.05) is 18.5 Å². The number of aliphatic imine (C=N–C) groups is 1. The van der Waals surface area contributed by atoms with Crippen molar-refractivity contribution in [2.45, 2.75) is 39.0 Å². The maximum atomic E-state index is 13.4. The molecule has 22 heavy (non-hydrogen) atoms. The summed E-state index contributed by atoms with van der Waals surface area (Å²) in [5, 5.41) is 6.65. The zero-order valence-corrected chi connectivity index (χ0v) is 16.0. The van der Waals surface area contributed by atoms with Crippen LogP contribution < -0.4 is 10.6 Å². The molecule has 1 aliphatic carbocycles. The molecule has 1 fully saturated rings. The van der Waals surface area contributed by atoms with E-state index in [0.717, 1.165) is 30.5 Å². The van der Waals surface area contributed by atoms with E-state index in [0.29, 0.717) is 6.54 Å². The Morgan fingerprint density at radius 1 is 1.32 bits per heavy atom. The lowest BCUT2D eigenvalue weighted by Gasteiger charge is -2.24. The minimum Gasteiger partial charge on any atom is -0.357 e. The van der Waals surface area contributed by atoms with Crippen molar-refractivity contribution in [3.05, 3.63) is 35.6 Å². The molecular weight excluding hydrogens is 392 g/mol. The molecule has 1 aliphatic rings. The Hall–Kier alpha value is -0.850. The average Bonchev–Trinajstić information content (AvgIpc) is 3.26. The van der Waals surface area contributed by atoms with E-state index in [4.69, 9.17) is 0 Å². The molecule has 0 unspecified atom stereocenters. The molecule has 0 spiro atoms. The number of hydrogen-bond donors (Lipinski definition) is 2. The second kappa shape index (κ2) is 8.70. The molecule has 5 heteroatoms. The molecule has 0 bridgehead atoms. The van der Waals surface area contributed by atoms with Crippen LogP contribution in [0.1, 0.15) is 39.2 Å². The molecule has 0 atom stereocenters. The van der Waals surface area contributed by atoms with Crippen LogP contribution in [0.15, 0.2) is 29.3 Å². The molecule has 1 aromatic rings. The summed E-state index contributed by atoms with van der Waals surface area (Å²) >= 11 is 0. The van der Waals surface area contributed by atoms with Gasteiger partial charge in [-0.25, -0.2) is 4.39 Å². The molecule has 0 aliphatic heterocycles. The van der Waals surface area contributed by atoms with Gasteiger partial charge in [-0.3, -0.25) is 4.99 Å². The van der Waals surface area contributed by atoms with Crippen LogP contribution in [0.2, 0.25) is 0 Å². The van der Waals surface area contributed by atoms with Crippen LogP contribution in [0.3, 0.4) is 0 Å². The fraction of sp³-hybridized carbons (Fsp3) is 0.588. The number of rotatable bonds is 6. The third-order valence-corrected chi connectivity index (χ3v) is 3.84. The summed E-state index contributed by atoms with van der Waals surface area (Å²) in [6.45, 7) is 8.71. The number of benzene rings is 1. The Bertz CT molecular complexity index is 498. The van der Waals surface area contributed by atoms with E-state index in [1.54, 1.807) is 12.1 Å². The molecule has 0 heterocycles. The van der Waals surface area contributed by atoms with Gasteiger partial charge in [0.1, 0.15) is 5.82 Å². The van der Waals surface area contributed by atoms with Crippen molar-refractivity contribution in [1.29, 1.82) is 0 Å². The zero-order valence-electron chi connectivity index (χ0n) is 13.7. The largest absolute Gasteiger partial charge is 0.357 e. The highest BCUT2D eigenvalue weighted by molar-refractivity contribution is 14.0. The lowest BCUT2D eigenvalue weighted by Crippen LogP contribution is -2.39. The SMILES string of the molecule is CCNC(=NCC(C)(C)c1cccc(F)c1)NCC1CC1.I. The Labute approximate surface area is 150 Å². The van der Waals surface area contributed by atoms with Crippen molar-refractivity contribution in [1.82, 2.24) is 10.6 Å². The highest BCUT2D eigenvalue weighted by Gasteiger charge is 2.23. The monoisotopic (exact) mass is 419 g/mol. The van der Waals surface area contributed by atoms with E-state index in [-0.39, 0.29) is 35.2 Å². The maximum absolute atomic E-state index is 13.4.